The van der Waals surface area contributed by atoms with E-state index >= 15 is 0 Å². The Kier molecular flexibility index (Phi) is 2.80. The molecule has 3 heteroatoms. The summed E-state index contributed by atoms with van der Waals surface area (Å²) in [7, 11) is 0. The van der Waals surface area contributed by atoms with Crippen LogP contribution in [0.25, 0.3) is 0 Å². The van der Waals surface area contributed by atoms with Gasteiger partial charge in [0.2, 0.25) is 5.78 Å². The van der Waals surface area contributed by atoms with Gasteiger partial charge in [-0.3, -0.25) is 9.59 Å². The summed E-state index contributed by atoms with van der Waals surface area (Å²) >= 11 is 0. The molecule has 0 spiro atoms. The Balaban J connectivity index is 2.26. The van der Waals surface area contributed by atoms with Crippen LogP contribution in [0, 0.1) is 5.92 Å². The van der Waals surface area contributed by atoms with Crippen LogP contribution in [0.1, 0.15) is 6.92 Å². The fourth-order valence-corrected chi connectivity index (χ4v) is 0.949. The molecule has 1 rings (SSSR count). The number of hydrogen-bond acceptors (Lipinski definition) is 2. The Morgan fingerprint density at radius 1 is 1.33 bits per heavy atom. The summed E-state index contributed by atoms with van der Waals surface area (Å²) in [6.45, 7) is 1.76. The average molecular weight is 165 g/mol. The number of carbonyl (C=O) groups is 2. The third kappa shape index (κ3) is 2.34. The number of rotatable bonds is 3. The van der Waals surface area contributed by atoms with Crippen molar-refractivity contribution in [2.24, 2.45) is 5.92 Å². The molecule has 0 aromatic heterocycles. The number of allylic oxidation sites excluding steroid dienone is 2. The van der Waals surface area contributed by atoms with Crippen molar-refractivity contribution < 1.29 is 9.59 Å². The largest absolute Gasteiger partial charge is 0.349 e. The van der Waals surface area contributed by atoms with E-state index in [1.165, 1.54) is 6.92 Å². The molecule has 1 amide bonds. The van der Waals surface area contributed by atoms with Gasteiger partial charge in [-0.15, -0.1) is 0 Å². The lowest BCUT2D eigenvalue weighted by atomic mass is 10.2. The zero-order valence-corrected chi connectivity index (χ0v) is 6.91. The molecule has 0 unspecified atom stereocenters. The quantitative estimate of drug-likeness (QED) is 0.616. The van der Waals surface area contributed by atoms with Crippen LogP contribution in [0.3, 0.4) is 0 Å². The molecule has 0 fully saturated rings. The second-order valence-electron chi connectivity index (χ2n) is 2.70. The SMILES string of the molecule is CC(=O)C(=O)NCC1C=CC=C1. The molecular formula is C9H11NO2. The van der Waals surface area contributed by atoms with E-state index in [9.17, 15) is 9.59 Å². The maximum absolute atomic E-state index is 10.8. The Bertz CT molecular complexity index is 241. The van der Waals surface area contributed by atoms with Crippen LogP contribution in [-0.2, 0) is 9.59 Å². The molecule has 1 aliphatic carbocycles. The van der Waals surface area contributed by atoms with E-state index < -0.39 is 11.7 Å². The second kappa shape index (κ2) is 3.85. The summed E-state index contributed by atoms with van der Waals surface area (Å²) in [4.78, 5) is 21.3. The smallest absolute Gasteiger partial charge is 0.287 e. The summed E-state index contributed by atoms with van der Waals surface area (Å²) in [5.41, 5.74) is 0. The van der Waals surface area contributed by atoms with Gasteiger partial charge >= 0.3 is 0 Å². The van der Waals surface area contributed by atoms with Gasteiger partial charge in [-0.2, -0.15) is 0 Å². The molecule has 0 atom stereocenters. The lowest BCUT2D eigenvalue weighted by Crippen LogP contribution is -2.32. The van der Waals surface area contributed by atoms with Crippen molar-refractivity contribution in [2.75, 3.05) is 6.54 Å². The number of hydrogen-bond donors (Lipinski definition) is 1. The van der Waals surface area contributed by atoms with Gasteiger partial charge in [0.1, 0.15) is 0 Å². The number of nitrogens with one attached hydrogen (secondary N) is 1. The fraction of sp³-hybridized carbons (Fsp3) is 0.333. The summed E-state index contributed by atoms with van der Waals surface area (Å²) in [6.07, 6.45) is 7.79. The van der Waals surface area contributed by atoms with Crippen LogP contribution in [-0.4, -0.2) is 18.2 Å². The first-order valence-electron chi connectivity index (χ1n) is 3.84. The lowest BCUT2D eigenvalue weighted by Gasteiger charge is -2.05. The molecule has 0 aromatic rings. The first kappa shape index (κ1) is 8.71. The maximum Gasteiger partial charge on any atom is 0.287 e. The Morgan fingerprint density at radius 2 is 1.92 bits per heavy atom. The van der Waals surface area contributed by atoms with E-state index in [1.54, 1.807) is 0 Å². The van der Waals surface area contributed by atoms with Gasteiger partial charge in [0.05, 0.1) is 0 Å². The first-order valence-corrected chi connectivity index (χ1v) is 3.84. The van der Waals surface area contributed by atoms with Crippen molar-refractivity contribution in [1.82, 2.24) is 5.32 Å². The van der Waals surface area contributed by atoms with Crippen LogP contribution in [0.5, 0.6) is 0 Å². The van der Waals surface area contributed by atoms with Crippen molar-refractivity contribution in [3.8, 4) is 0 Å². The Hall–Kier alpha value is -1.38. The molecule has 0 saturated heterocycles. The van der Waals surface area contributed by atoms with E-state index in [0.717, 1.165) is 0 Å². The van der Waals surface area contributed by atoms with Gasteiger partial charge < -0.3 is 5.32 Å². The molecular weight excluding hydrogens is 154 g/mol. The van der Waals surface area contributed by atoms with Gasteiger partial charge in [-0.1, -0.05) is 24.3 Å². The highest BCUT2D eigenvalue weighted by molar-refractivity contribution is 6.35. The Labute approximate surface area is 71.1 Å². The van der Waals surface area contributed by atoms with E-state index in [2.05, 4.69) is 5.32 Å². The molecule has 1 aliphatic rings. The van der Waals surface area contributed by atoms with Crippen molar-refractivity contribution in [3.05, 3.63) is 24.3 Å². The molecule has 3 nitrogen and oxygen atoms in total. The van der Waals surface area contributed by atoms with Crippen LogP contribution >= 0.6 is 0 Å². The van der Waals surface area contributed by atoms with Gasteiger partial charge in [0.15, 0.2) is 0 Å². The number of carbonyl (C=O) groups excluding carboxylic acids is 2. The summed E-state index contributed by atoms with van der Waals surface area (Å²) in [5, 5.41) is 2.53. The van der Waals surface area contributed by atoms with Gasteiger partial charge in [0, 0.05) is 19.4 Å². The molecule has 0 saturated carbocycles. The minimum atomic E-state index is -0.510. The van der Waals surface area contributed by atoms with Crippen molar-refractivity contribution in [1.29, 1.82) is 0 Å². The predicted molar refractivity (Wildman–Crippen MR) is 45.5 cm³/mol. The third-order valence-electron chi connectivity index (χ3n) is 1.65. The van der Waals surface area contributed by atoms with Gasteiger partial charge in [-0.05, 0) is 0 Å². The summed E-state index contributed by atoms with van der Waals surface area (Å²) in [5.74, 6) is -0.710. The third-order valence-corrected chi connectivity index (χ3v) is 1.65. The Morgan fingerprint density at radius 3 is 2.42 bits per heavy atom. The average Bonchev–Trinajstić information content (AvgIpc) is 2.51. The van der Waals surface area contributed by atoms with Crippen molar-refractivity contribution >= 4 is 11.7 Å². The fourth-order valence-electron chi connectivity index (χ4n) is 0.949. The van der Waals surface area contributed by atoms with E-state index in [1.807, 2.05) is 24.3 Å². The summed E-state index contributed by atoms with van der Waals surface area (Å²) < 4.78 is 0. The lowest BCUT2D eigenvalue weighted by molar-refractivity contribution is -0.136. The molecule has 0 heterocycles. The van der Waals surface area contributed by atoms with E-state index in [4.69, 9.17) is 0 Å². The van der Waals surface area contributed by atoms with Crippen LogP contribution in [0.2, 0.25) is 0 Å². The minimum absolute atomic E-state index is 0.244. The molecule has 1 N–H and O–H groups in total. The number of Topliss-reactive ketones (excluding diaryl/α,β-unsaturated/α-hetero) is 1. The van der Waals surface area contributed by atoms with Crippen molar-refractivity contribution in [2.45, 2.75) is 6.92 Å². The highest BCUT2D eigenvalue weighted by Crippen LogP contribution is 2.06. The van der Waals surface area contributed by atoms with Gasteiger partial charge in [0.25, 0.3) is 5.91 Å². The summed E-state index contributed by atoms with van der Waals surface area (Å²) in [6, 6.07) is 0. The van der Waals surface area contributed by atoms with E-state index in [0.29, 0.717) is 6.54 Å². The zero-order chi connectivity index (χ0) is 8.97. The van der Waals surface area contributed by atoms with E-state index in [-0.39, 0.29) is 5.92 Å². The molecule has 64 valence electrons. The molecule has 0 aromatic carbocycles. The number of ketones is 1. The maximum atomic E-state index is 10.8. The first-order chi connectivity index (χ1) is 5.70. The topological polar surface area (TPSA) is 46.2 Å². The van der Waals surface area contributed by atoms with Crippen LogP contribution in [0.15, 0.2) is 24.3 Å². The molecule has 12 heavy (non-hydrogen) atoms. The van der Waals surface area contributed by atoms with Crippen molar-refractivity contribution in [3.63, 3.8) is 0 Å². The zero-order valence-electron chi connectivity index (χ0n) is 6.91. The van der Waals surface area contributed by atoms with Gasteiger partial charge in [-0.25, -0.2) is 0 Å². The number of amides is 1. The molecule has 0 bridgehead atoms. The monoisotopic (exact) mass is 165 g/mol. The molecule has 0 radical (unpaired) electrons. The minimum Gasteiger partial charge on any atom is -0.349 e. The second-order valence-corrected chi connectivity index (χ2v) is 2.70. The molecule has 0 aliphatic heterocycles. The standard InChI is InChI=1S/C9H11NO2/c1-7(11)9(12)10-6-8-4-2-3-5-8/h2-5,8H,6H2,1H3,(H,10,12). The normalized spacial score (nSPS) is 15.1. The highest BCUT2D eigenvalue weighted by atomic mass is 16.2. The highest BCUT2D eigenvalue weighted by Gasteiger charge is 2.09. The van der Waals surface area contributed by atoms with Crippen LogP contribution in [0.4, 0.5) is 0 Å². The van der Waals surface area contributed by atoms with Crippen LogP contribution < -0.4 is 5.32 Å². The predicted octanol–water partition coefficient (Wildman–Crippen LogP) is 0.434.